The number of carboxylic acids is 1. The van der Waals surface area contributed by atoms with Gasteiger partial charge in [-0.2, -0.15) is 0 Å². The molecule has 0 atom stereocenters. The van der Waals surface area contributed by atoms with Crippen molar-refractivity contribution in [1.29, 1.82) is 0 Å². The molecule has 1 aromatic rings. The van der Waals surface area contributed by atoms with E-state index in [4.69, 9.17) is 5.11 Å². The van der Waals surface area contributed by atoms with E-state index < -0.39 is 5.97 Å². The lowest BCUT2D eigenvalue weighted by molar-refractivity contribution is -0.169. The van der Waals surface area contributed by atoms with E-state index in [9.17, 15) is 4.79 Å². The van der Waals surface area contributed by atoms with Crippen LogP contribution in [0.1, 0.15) is 75.1 Å². The zero-order chi connectivity index (χ0) is 21.3. The molecule has 1 spiro atoms. The summed E-state index contributed by atoms with van der Waals surface area (Å²) in [4.78, 5) is 16.2. The number of rotatable bonds is 5. The van der Waals surface area contributed by atoms with Gasteiger partial charge in [0.25, 0.3) is 0 Å². The van der Waals surface area contributed by atoms with Crippen molar-refractivity contribution in [2.45, 2.75) is 64.7 Å². The number of nitrogens with zero attached hydrogens (tertiary/aromatic N) is 2. The number of carbonyl (C=O) groups is 1. The SMILES string of the molecule is CC12CC(C3=C(CN4CCN(c5ccc(C(=O)O)cc5)CC4)CCC4(CCC4)C3)(C1)C2. The molecule has 6 aliphatic rings. The van der Waals surface area contributed by atoms with Crippen LogP contribution in [-0.4, -0.2) is 48.7 Å². The van der Waals surface area contributed by atoms with Crippen LogP contribution in [0.25, 0.3) is 0 Å². The van der Waals surface area contributed by atoms with Gasteiger partial charge in [0.15, 0.2) is 0 Å². The van der Waals surface area contributed by atoms with Crippen molar-refractivity contribution in [3.05, 3.63) is 41.0 Å². The predicted octanol–water partition coefficient (Wildman–Crippen LogP) is 5.35. The second kappa shape index (κ2) is 6.84. The minimum atomic E-state index is -0.852. The van der Waals surface area contributed by atoms with Gasteiger partial charge < -0.3 is 10.0 Å². The second-order valence-electron chi connectivity index (χ2n) is 11.8. The van der Waals surface area contributed by atoms with Crippen LogP contribution in [0.3, 0.4) is 0 Å². The Balaban J connectivity index is 1.12. The van der Waals surface area contributed by atoms with Crippen molar-refractivity contribution in [2.24, 2.45) is 16.2 Å². The highest BCUT2D eigenvalue weighted by Gasteiger charge is 2.67. The normalized spacial score (nSPS) is 34.2. The summed E-state index contributed by atoms with van der Waals surface area (Å²) < 4.78 is 0. The molecule has 0 amide bonds. The number of aromatic carboxylic acids is 1. The van der Waals surface area contributed by atoms with E-state index in [1.165, 1.54) is 64.3 Å². The van der Waals surface area contributed by atoms with E-state index in [1.807, 2.05) is 23.3 Å². The first-order valence-electron chi connectivity index (χ1n) is 12.4. The zero-order valence-corrected chi connectivity index (χ0v) is 19.0. The molecule has 0 aromatic heterocycles. The summed E-state index contributed by atoms with van der Waals surface area (Å²) in [6, 6.07) is 7.37. The zero-order valence-electron chi connectivity index (χ0n) is 19.0. The number of hydrogen-bond acceptors (Lipinski definition) is 3. The topological polar surface area (TPSA) is 43.8 Å². The fourth-order valence-corrected chi connectivity index (χ4v) is 7.86. The highest BCUT2D eigenvalue weighted by molar-refractivity contribution is 5.88. The van der Waals surface area contributed by atoms with Crippen molar-refractivity contribution in [3.63, 3.8) is 0 Å². The van der Waals surface area contributed by atoms with Crippen LogP contribution in [0.4, 0.5) is 5.69 Å². The van der Waals surface area contributed by atoms with Crippen LogP contribution in [0.15, 0.2) is 35.4 Å². The lowest BCUT2D eigenvalue weighted by Crippen LogP contribution is -2.62. The maximum atomic E-state index is 11.1. The summed E-state index contributed by atoms with van der Waals surface area (Å²) in [6.45, 7) is 7.96. The fraction of sp³-hybridized carbons (Fsp3) is 0.667. The van der Waals surface area contributed by atoms with Crippen LogP contribution in [0.5, 0.6) is 0 Å². The summed E-state index contributed by atoms with van der Waals surface area (Å²) in [5.74, 6) is -0.852. The van der Waals surface area contributed by atoms with Gasteiger partial charge >= 0.3 is 5.97 Å². The molecule has 5 aliphatic carbocycles. The maximum Gasteiger partial charge on any atom is 0.335 e. The summed E-state index contributed by atoms with van der Waals surface area (Å²) >= 11 is 0. The molecule has 1 N–H and O–H groups in total. The molecule has 4 saturated carbocycles. The van der Waals surface area contributed by atoms with Crippen molar-refractivity contribution >= 4 is 11.7 Å². The van der Waals surface area contributed by atoms with Crippen LogP contribution in [-0.2, 0) is 0 Å². The molecule has 1 aliphatic heterocycles. The van der Waals surface area contributed by atoms with Gasteiger partial charge in [0.05, 0.1) is 5.56 Å². The molecule has 4 heteroatoms. The maximum absolute atomic E-state index is 11.1. The van der Waals surface area contributed by atoms with Crippen molar-refractivity contribution < 1.29 is 9.90 Å². The Morgan fingerprint density at radius 3 is 2.23 bits per heavy atom. The molecule has 166 valence electrons. The Hall–Kier alpha value is -1.81. The van der Waals surface area contributed by atoms with E-state index >= 15 is 0 Å². The van der Waals surface area contributed by atoms with E-state index in [0.29, 0.717) is 21.8 Å². The molecule has 31 heavy (non-hydrogen) atoms. The first-order chi connectivity index (χ1) is 14.9. The molecular formula is C27H36N2O2. The van der Waals surface area contributed by atoms with Crippen molar-refractivity contribution in [3.8, 4) is 0 Å². The number of allylic oxidation sites excluding steroid dienone is 1. The Kier molecular flexibility index (Phi) is 4.38. The molecule has 2 bridgehead atoms. The Bertz CT molecular complexity index is 899. The number of anilines is 1. The van der Waals surface area contributed by atoms with E-state index in [2.05, 4.69) is 16.7 Å². The van der Waals surface area contributed by atoms with Gasteiger partial charge in [-0.3, -0.25) is 4.90 Å². The smallest absolute Gasteiger partial charge is 0.335 e. The molecule has 1 aromatic carbocycles. The van der Waals surface area contributed by atoms with Crippen LogP contribution in [0, 0.1) is 16.2 Å². The average Bonchev–Trinajstić information content (AvgIpc) is 2.71. The van der Waals surface area contributed by atoms with Crippen LogP contribution < -0.4 is 4.90 Å². The molecule has 0 radical (unpaired) electrons. The van der Waals surface area contributed by atoms with Crippen LogP contribution in [0.2, 0.25) is 0 Å². The minimum absolute atomic E-state index is 0.367. The van der Waals surface area contributed by atoms with Gasteiger partial charge in [-0.25, -0.2) is 4.79 Å². The number of piperazine rings is 1. The third-order valence-electron chi connectivity index (χ3n) is 9.55. The lowest BCUT2D eigenvalue weighted by atomic mass is 9.32. The fourth-order valence-electron chi connectivity index (χ4n) is 7.86. The molecule has 1 heterocycles. The van der Waals surface area contributed by atoms with E-state index in [0.717, 1.165) is 31.9 Å². The Morgan fingerprint density at radius 2 is 1.68 bits per heavy atom. The molecule has 5 fully saturated rings. The third-order valence-corrected chi connectivity index (χ3v) is 9.55. The van der Waals surface area contributed by atoms with Crippen molar-refractivity contribution in [1.82, 2.24) is 4.90 Å². The van der Waals surface area contributed by atoms with Gasteiger partial charge in [-0.05, 0) is 91.9 Å². The summed E-state index contributed by atoms with van der Waals surface area (Å²) in [6.07, 6.45) is 13.0. The summed E-state index contributed by atoms with van der Waals surface area (Å²) in [5, 5.41) is 9.12. The van der Waals surface area contributed by atoms with Gasteiger partial charge in [0.2, 0.25) is 0 Å². The van der Waals surface area contributed by atoms with E-state index in [-0.39, 0.29) is 0 Å². The molecule has 4 nitrogen and oxygen atoms in total. The summed E-state index contributed by atoms with van der Waals surface area (Å²) in [5.41, 5.74) is 7.25. The monoisotopic (exact) mass is 420 g/mol. The lowest BCUT2D eigenvalue weighted by Gasteiger charge is -2.72. The Labute approximate surface area is 186 Å². The highest BCUT2D eigenvalue weighted by Crippen LogP contribution is 2.78. The largest absolute Gasteiger partial charge is 0.478 e. The molecular weight excluding hydrogens is 384 g/mol. The molecule has 1 saturated heterocycles. The van der Waals surface area contributed by atoms with Gasteiger partial charge in [0, 0.05) is 38.4 Å². The predicted molar refractivity (Wildman–Crippen MR) is 124 cm³/mol. The minimum Gasteiger partial charge on any atom is -0.478 e. The Morgan fingerprint density at radius 1 is 1.00 bits per heavy atom. The van der Waals surface area contributed by atoms with Gasteiger partial charge in [-0.1, -0.05) is 24.5 Å². The number of hydrogen-bond donors (Lipinski definition) is 1. The van der Waals surface area contributed by atoms with Crippen LogP contribution >= 0.6 is 0 Å². The third kappa shape index (κ3) is 3.25. The van der Waals surface area contributed by atoms with E-state index in [1.54, 1.807) is 12.1 Å². The molecule has 0 unspecified atom stereocenters. The van der Waals surface area contributed by atoms with Crippen molar-refractivity contribution in [2.75, 3.05) is 37.6 Å². The quantitative estimate of drug-likeness (QED) is 0.652. The van der Waals surface area contributed by atoms with Gasteiger partial charge in [0.1, 0.15) is 0 Å². The number of benzene rings is 1. The van der Waals surface area contributed by atoms with Gasteiger partial charge in [-0.15, -0.1) is 0 Å². The molecule has 7 rings (SSSR count). The average molecular weight is 421 g/mol. The standard InChI is InChI=1S/C27H36N2O2/c1-25-17-27(18-25,19-25)23-15-26(8-2-9-26)10-7-21(23)16-28-11-13-29(14-12-28)22-5-3-20(4-6-22)24(30)31/h3-6H,2,7-19H2,1H3,(H,30,31). The highest BCUT2D eigenvalue weighted by atomic mass is 16.4. The second-order valence-corrected chi connectivity index (χ2v) is 11.8. The first-order valence-corrected chi connectivity index (χ1v) is 12.4. The first kappa shape index (κ1) is 19.8. The summed E-state index contributed by atoms with van der Waals surface area (Å²) in [7, 11) is 0. The number of carboxylic acid groups (broad SMARTS) is 1.